The Balaban J connectivity index is 2.44. The zero-order chi connectivity index (χ0) is 20.8. The van der Waals surface area contributed by atoms with Crippen molar-refractivity contribution in [2.24, 2.45) is 0 Å². The Morgan fingerprint density at radius 3 is 2.21 bits per heavy atom. The summed E-state index contributed by atoms with van der Waals surface area (Å²) in [6.45, 7) is 9.88. The Hall–Kier alpha value is -2.39. The second kappa shape index (κ2) is 9.20. The van der Waals surface area contributed by atoms with Gasteiger partial charge in [0.15, 0.2) is 0 Å². The molecule has 3 nitrogen and oxygen atoms in total. The first kappa shape index (κ1) is 21.9. The second-order valence-electron chi connectivity index (χ2n) is 7.60. The van der Waals surface area contributed by atoms with Gasteiger partial charge in [-0.05, 0) is 64.0 Å². The fourth-order valence-corrected chi connectivity index (χ4v) is 4.41. The third kappa shape index (κ3) is 5.80. The minimum atomic E-state index is -3.68. The predicted octanol–water partition coefficient (Wildman–Crippen LogP) is 5.60. The van der Waals surface area contributed by atoms with Crippen molar-refractivity contribution in [2.45, 2.75) is 45.1 Å². The zero-order valence-corrected chi connectivity index (χ0v) is 18.1. The van der Waals surface area contributed by atoms with Gasteiger partial charge in [-0.3, -0.25) is 0 Å². The lowest BCUT2D eigenvalue weighted by Gasteiger charge is -2.34. The van der Waals surface area contributed by atoms with Gasteiger partial charge in [-0.2, -0.15) is 4.31 Å². The first-order valence-corrected chi connectivity index (χ1v) is 10.8. The van der Waals surface area contributed by atoms with Crippen LogP contribution in [0.1, 0.15) is 38.8 Å². The summed E-state index contributed by atoms with van der Waals surface area (Å²) in [5.41, 5.74) is 5.50. The molecule has 0 aliphatic heterocycles. The lowest BCUT2D eigenvalue weighted by molar-refractivity contribution is 0.304. The average molecular weight is 396 g/mol. The largest absolute Gasteiger partial charge is 0.244 e. The summed E-state index contributed by atoms with van der Waals surface area (Å²) >= 11 is 0. The molecule has 0 spiro atoms. The van der Waals surface area contributed by atoms with Crippen molar-refractivity contribution >= 4 is 16.1 Å². The number of hydrogen-bond acceptors (Lipinski definition) is 2. The molecule has 0 atom stereocenters. The number of hydrogen-bond donors (Lipinski definition) is 0. The molecule has 0 saturated heterocycles. The van der Waals surface area contributed by atoms with E-state index in [1.165, 1.54) is 4.31 Å². The number of sulfonamides is 1. The molecular formula is C24H29NO2S. The van der Waals surface area contributed by atoms with E-state index < -0.39 is 15.6 Å². The van der Waals surface area contributed by atoms with E-state index in [-0.39, 0.29) is 6.54 Å². The van der Waals surface area contributed by atoms with Crippen LogP contribution in [0.15, 0.2) is 82.9 Å². The van der Waals surface area contributed by atoms with Crippen LogP contribution >= 0.6 is 0 Å². The van der Waals surface area contributed by atoms with Gasteiger partial charge in [-0.25, -0.2) is 8.42 Å². The van der Waals surface area contributed by atoms with Crippen LogP contribution in [0.4, 0.5) is 0 Å². The highest BCUT2D eigenvalue weighted by Crippen LogP contribution is 2.26. The van der Waals surface area contributed by atoms with Gasteiger partial charge < -0.3 is 0 Å². The highest BCUT2D eigenvalue weighted by atomic mass is 32.2. The van der Waals surface area contributed by atoms with E-state index in [0.717, 1.165) is 16.7 Å². The Morgan fingerprint density at radius 2 is 1.64 bits per heavy atom. The normalized spacial score (nSPS) is 12.2. The maximum Gasteiger partial charge on any atom is 0.244 e. The molecule has 0 N–H and O–H groups in total. The first-order chi connectivity index (χ1) is 13.1. The van der Waals surface area contributed by atoms with Gasteiger partial charge in [0.2, 0.25) is 10.0 Å². The van der Waals surface area contributed by atoms with Crippen LogP contribution in [0.25, 0.3) is 6.08 Å². The van der Waals surface area contributed by atoms with Crippen LogP contribution in [0.2, 0.25) is 0 Å². The maximum atomic E-state index is 13.4. The molecule has 4 heteroatoms. The monoisotopic (exact) mass is 395 g/mol. The molecule has 2 aromatic carbocycles. The molecule has 0 heterocycles. The second-order valence-corrected chi connectivity index (χ2v) is 9.47. The Bertz CT molecular complexity index is 975. The van der Waals surface area contributed by atoms with Crippen molar-refractivity contribution in [1.82, 2.24) is 4.31 Å². The van der Waals surface area contributed by atoms with Gasteiger partial charge in [0.1, 0.15) is 0 Å². The van der Waals surface area contributed by atoms with E-state index >= 15 is 0 Å². The molecule has 0 amide bonds. The molecule has 0 aliphatic carbocycles. The molecule has 0 aliphatic rings. The molecule has 2 rings (SSSR count). The summed E-state index contributed by atoms with van der Waals surface area (Å²) in [6, 6.07) is 16.8. The molecule has 148 valence electrons. The molecule has 28 heavy (non-hydrogen) atoms. The zero-order valence-electron chi connectivity index (χ0n) is 17.3. The van der Waals surface area contributed by atoms with Crippen molar-refractivity contribution in [2.75, 3.05) is 6.54 Å². The number of aryl methyl sites for hydroxylation is 1. The molecule has 0 unspecified atom stereocenters. The Labute approximate surface area is 169 Å². The van der Waals surface area contributed by atoms with E-state index in [2.05, 4.69) is 5.73 Å². The van der Waals surface area contributed by atoms with Crippen LogP contribution < -0.4 is 0 Å². The SMILES string of the molecule is CC(C)=C=CC(C)(C)N(C/C=C/c1ccccc1)S(=O)(=O)c1ccc(C)cc1. The number of rotatable bonds is 7. The van der Waals surface area contributed by atoms with Gasteiger partial charge in [-0.15, -0.1) is 5.73 Å². The van der Waals surface area contributed by atoms with Crippen molar-refractivity contribution in [3.8, 4) is 0 Å². The summed E-state index contributed by atoms with van der Waals surface area (Å²) in [7, 11) is -3.68. The van der Waals surface area contributed by atoms with Crippen molar-refractivity contribution in [1.29, 1.82) is 0 Å². The smallest absolute Gasteiger partial charge is 0.207 e. The van der Waals surface area contributed by atoms with Crippen molar-refractivity contribution in [3.63, 3.8) is 0 Å². The van der Waals surface area contributed by atoms with Gasteiger partial charge in [-0.1, -0.05) is 60.2 Å². The summed E-state index contributed by atoms with van der Waals surface area (Å²) in [5, 5.41) is 0. The molecule has 0 bridgehead atoms. The summed E-state index contributed by atoms with van der Waals surface area (Å²) in [4.78, 5) is 0.296. The number of benzene rings is 2. The van der Waals surface area contributed by atoms with Gasteiger partial charge in [0.25, 0.3) is 0 Å². The number of nitrogens with zero attached hydrogens (tertiary/aromatic N) is 1. The first-order valence-electron chi connectivity index (χ1n) is 9.35. The minimum Gasteiger partial charge on any atom is -0.207 e. The topological polar surface area (TPSA) is 37.4 Å². The van der Waals surface area contributed by atoms with Crippen LogP contribution in [-0.4, -0.2) is 24.8 Å². The van der Waals surface area contributed by atoms with E-state index in [1.807, 2.05) is 95.3 Å². The molecule has 0 fully saturated rings. The van der Waals surface area contributed by atoms with Crippen LogP contribution in [0.3, 0.4) is 0 Å². The van der Waals surface area contributed by atoms with Gasteiger partial charge in [0.05, 0.1) is 10.4 Å². The third-order valence-electron chi connectivity index (χ3n) is 4.35. The summed E-state index contributed by atoms with van der Waals surface area (Å²) in [6.07, 6.45) is 5.65. The highest BCUT2D eigenvalue weighted by Gasteiger charge is 2.34. The van der Waals surface area contributed by atoms with Crippen LogP contribution in [-0.2, 0) is 10.0 Å². The van der Waals surface area contributed by atoms with Crippen LogP contribution in [0.5, 0.6) is 0 Å². The fraction of sp³-hybridized carbons (Fsp3) is 0.292. The summed E-state index contributed by atoms with van der Waals surface area (Å²) < 4.78 is 28.3. The highest BCUT2D eigenvalue weighted by molar-refractivity contribution is 7.89. The molecule has 0 saturated carbocycles. The van der Waals surface area contributed by atoms with E-state index in [0.29, 0.717) is 4.90 Å². The lowest BCUT2D eigenvalue weighted by atomic mass is 10.1. The van der Waals surface area contributed by atoms with Crippen molar-refractivity contribution < 1.29 is 8.42 Å². The maximum absolute atomic E-state index is 13.4. The van der Waals surface area contributed by atoms with E-state index in [9.17, 15) is 8.42 Å². The average Bonchev–Trinajstić information content (AvgIpc) is 2.64. The summed E-state index contributed by atoms with van der Waals surface area (Å²) in [5.74, 6) is 0. The Kier molecular flexibility index (Phi) is 7.20. The van der Waals surface area contributed by atoms with Gasteiger partial charge in [0, 0.05) is 6.54 Å². The lowest BCUT2D eigenvalue weighted by Crippen LogP contribution is -2.46. The van der Waals surface area contributed by atoms with E-state index in [1.54, 1.807) is 12.1 Å². The van der Waals surface area contributed by atoms with E-state index in [4.69, 9.17) is 0 Å². The van der Waals surface area contributed by atoms with Crippen molar-refractivity contribution in [3.05, 3.63) is 89.2 Å². The quantitative estimate of drug-likeness (QED) is 0.572. The fourth-order valence-electron chi connectivity index (χ4n) is 2.72. The molecular weight excluding hydrogens is 366 g/mol. The predicted molar refractivity (Wildman–Crippen MR) is 118 cm³/mol. The van der Waals surface area contributed by atoms with Crippen LogP contribution in [0, 0.1) is 6.92 Å². The third-order valence-corrected chi connectivity index (χ3v) is 6.41. The molecule has 0 aromatic heterocycles. The minimum absolute atomic E-state index is 0.263. The Morgan fingerprint density at radius 1 is 1.04 bits per heavy atom. The van der Waals surface area contributed by atoms with Gasteiger partial charge >= 0.3 is 0 Å². The standard InChI is InChI=1S/C24H29NO2S/c1-20(2)17-18-24(4,5)25(19-9-12-22-10-7-6-8-11-22)28(26,27)23-15-13-21(3)14-16-23/h6-16,18H,19H2,1-5H3/b12-9+. The molecule has 2 aromatic rings. The molecule has 0 radical (unpaired) electrons.